The average Bonchev–Trinajstić information content (AvgIpc) is 2.43. The number of hydrogen-bond donors (Lipinski definition) is 1. The lowest BCUT2D eigenvalue weighted by atomic mass is 9.61. The van der Waals surface area contributed by atoms with Crippen molar-refractivity contribution in [3.63, 3.8) is 0 Å². The lowest BCUT2D eigenvalue weighted by Crippen LogP contribution is -2.51. The first-order chi connectivity index (χ1) is 10.5. The van der Waals surface area contributed by atoms with Crippen LogP contribution in [0.3, 0.4) is 0 Å². The molecule has 1 saturated carbocycles. The molecule has 3 rings (SSSR count). The molecule has 0 aromatic heterocycles. The second-order valence-corrected chi connectivity index (χ2v) is 7.58. The maximum absolute atomic E-state index is 10.8. The maximum Gasteiger partial charge on any atom is 0.317 e. The van der Waals surface area contributed by atoms with E-state index in [1.165, 1.54) is 5.56 Å². The zero-order valence-corrected chi connectivity index (χ0v) is 14.4. The van der Waals surface area contributed by atoms with E-state index >= 15 is 0 Å². The summed E-state index contributed by atoms with van der Waals surface area (Å²) in [5.41, 5.74) is 1.58. The number of aliphatic carboxylic acids is 1. The number of carboxylic acid groups (broad SMARTS) is 1. The van der Waals surface area contributed by atoms with Gasteiger partial charge in [0.25, 0.3) is 0 Å². The van der Waals surface area contributed by atoms with Gasteiger partial charge in [-0.3, -0.25) is 9.69 Å². The van der Waals surface area contributed by atoms with Gasteiger partial charge in [-0.25, -0.2) is 0 Å². The zero-order chi connectivity index (χ0) is 15.7. The lowest BCUT2D eigenvalue weighted by molar-refractivity contribution is -0.139. The van der Waals surface area contributed by atoms with Crippen LogP contribution in [0.25, 0.3) is 0 Å². The predicted octanol–water partition coefficient (Wildman–Crippen LogP) is 3.47. The molecule has 1 N–H and O–H groups in total. The molecule has 0 atom stereocenters. The van der Waals surface area contributed by atoms with E-state index in [-0.39, 0.29) is 6.54 Å². The van der Waals surface area contributed by atoms with Gasteiger partial charge in [0.2, 0.25) is 0 Å². The molecule has 1 aliphatic heterocycles. The summed E-state index contributed by atoms with van der Waals surface area (Å²) in [5, 5.41) is 8.85. The number of nitrogens with zero attached hydrogens (tertiary/aromatic N) is 1. The van der Waals surface area contributed by atoms with Gasteiger partial charge >= 0.3 is 5.97 Å². The normalized spacial score (nSPS) is 21.5. The van der Waals surface area contributed by atoms with Gasteiger partial charge < -0.3 is 9.84 Å². The van der Waals surface area contributed by atoms with E-state index in [0.29, 0.717) is 11.5 Å². The van der Waals surface area contributed by atoms with Crippen LogP contribution in [0.2, 0.25) is 0 Å². The van der Waals surface area contributed by atoms with Crippen LogP contribution in [0, 0.1) is 12.3 Å². The van der Waals surface area contributed by atoms with E-state index in [1.807, 2.05) is 17.0 Å². The van der Waals surface area contributed by atoms with Crippen molar-refractivity contribution in [3.8, 4) is 5.75 Å². The molecule has 4 nitrogen and oxygen atoms in total. The Hall–Kier alpha value is -1.07. The van der Waals surface area contributed by atoms with Crippen LogP contribution in [0.4, 0.5) is 0 Å². The molecule has 0 radical (unpaired) electrons. The molecule has 1 aliphatic carbocycles. The van der Waals surface area contributed by atoms with E-state index in [1.54, 1.807) is 0 Å². The molecular formula is C17H22BrNO3. The summed E-state index contributed by atoms with van der Waals surface area (Å²) >= 11 is 3.50. The number of likely N-dealkylation sites (tertiary alicyclic amines) is 1. The van der Waals surface area contributed by atoms with Crippen LogP contribution in [-0.4, -0.2) is 41.7 Å². The largest absolute Gasteiger partial charge is 0.490 e. The summed E-state index contributed by atoms with van der Waals surface area (Å²) in [6, 6.07) is 6.12. The Kier molecular flexibility index (Phi) is 4.46. The van der Waals surface area contributed by atoms with Crippen LogP contribution in [0.5, 0.6) is 5.75 Å². The number of halogens is 1. The first-order valence-corrected chi connectivity index (χ1v) is 8.62. The van der Waals surface area contributed by atoms with Gasteiger partial charge in [-0.15, -0.1) is 0 Å². The molecule has 1 aromatic rings. The second kappa shape index (κ2) is 6.20. The van der Waals surface area contributed by atoms with Crippen LogP contribution in [0.15, 0.2) is 22.7 Å². The number of aryl methyl sites for hydroxylation is 1. The van der Waals surface area contributed by atoms with Gasteiger partial charge in [0.05, 0.1) is 12.6 Å². The minimum Gasteiger partial charge on any atom is -0.490 e. The van der Waals surface area contributed by atoms with Crippen LogP contribution in [0.1, 0.15) is 31.2 Å². The lowest BCUT2D eigenvalue weighted by Gasteiger charge is -2.51. The number of benzene rings is 1. The van der Waals surface area contributed by atoms with Crippen molar-refractivity contribution in [2.75, 3.05) is 19.6 Å². The van der Waals surface area contributed by atoms with Gasteiger partial charge in [-0.1, -0.05) is 15.9 Å². The summed E-state index contributed by atoms with van der Waals surface area (Å²) in [7, 11) is 0. The van der Waals surface area contributed by atoms with Crippen molar-refractivity contribution in [1.29, 1.82) is 0 Å². The Labute approximate surface area is 139 Å². The smallest absolute Gasteiger partial charge is 0.317 e. The minimum absolute atomic E-state index is 0.175. The topological polar surface area (TPSA) is 49.8 Å². The third-order valence-corrected chi connectivity index (χ3v) is 5.92. The average molecular weight is 368 g/mol. The number of carbonyl (C=O) groups is 1. The SMILES string of the molecule is Cc1cc(OC2CC3(CCN(CC(=O)O)CC3)C2)ccc1Br. The molecule has 120 valence electrons. The first kappa shape index (κ1) is 15.8. The number of carboxylic acids is 1. The molecule has 1 spiro atoms. The quantitative estimate of drug-likeness (QED) is 0.884. The highest BCUT2D eigenvalue weighted by molar-refractivity contribution is 9.10. The molecule has 2 fully saturated rings. The van der Waals surface area contributed by atoms with E-state index in [2.05, 4.69) is 28.9 Å². The Morgan fingerprint density at radius 2 is 2.09 bits per heavy atom. The highest BCUT2D eigenvalue weighted by atomic mass is 79.9. The molecule has 1 saturated heterocycles. The summed E-state index contributed by atoms with van der Waals surface area (Å²) in [6.45, 7) is 4.04. The summed E-state index contributed by atoms with van der Waals surface area (Å²) in [6.07, 6.45) is 4.71. The Morgan fingerprint density at radius 3 is 2.68 bits per heavy atom. The number of hydrogen-bond acceptors (Lipinski definition) is 3. The van der Waals surface area contributed by atoms with Gasteiger partial charge in [0.1, 0.15) is 5.75 Å². The third-order valence-electron chi connectivity index (χ3n) is 5.03. The number of rotatable bonds is 4. The fourth-order valence-electron chi connectivity index (χ4n) is 3.66. The molecule has 1 heterocycles. The molecule has 1 aromatic carbocycles. The maximum atomic E-state index is 10.8. The summed E-state index contributed by atoms with van der Waals surface area (Å²) in [4.78, 5) is 12.8. The van der Waals surface area contributed by atoms with Crippen LogP contribution >= 0.6 is 15.9 Å². The fourth-order valence-corrected chi connectivity index (χ4v) is 3.90. The number of piperidine rings is 1. The van der Waals surface area contributed by atoms with Crippen molar-refractivity contribution in [3.05, 3.63) is 28.2 Å². The molecule has 2 aliphatic rings. The molecule has 0 amide bonds. The Bertz CT molecular complexity index is 559. The summed E-state index contributed by atoms with van der Waals surface area (Å²) < 4.78 is 7.18. The van der Waals surface area contributed by atoms with Crippen molar-refractivity contribution >= 4 is 21.9 Å². The number of ether oxygens (including phenoxy) is 1. The molecule has 0 bridgehead atoms. The molecule has 0 unspecified atom stereocenters. The molecular weight excluding hydrogens is 346 g/mol. The predicted molar refractivity (Wildman–Crippen MR) is 88.3 cm³/mol. The van der Waals surface area contributed by atoms with E-state index in [9.17, 15) is 4.79 Å². The van der Waals surface area contributed by atoms with Crippen molar-refractivity contribution in [2.24, 2.45) is 5.41 Å². The van der Waals surface area contributed by atoms with Crippen molar-refractivity contribution < 1.29 is 14.6 Å². The monoisotopic (exact) mass is 367 g/mol. The van der Waals surface area contributed by atoms with E-state index in [4.69, 9.17) is 9.84 Å². The molecule has 5 heteroatoms. The zero-order valence-electron chi connectivity index (χ0n) is 12.8. The second-order valence-electron chi connectivity index (χ2n) is 6.73. The van der Waals surface area contributed by atoms with Crippen LogP contribution in [-0.2, 0) is 4.79 Å². The van der Waals surface area contributed by atoms with E-state index < -0.39 is 5.97 Å². The van der Waals surface area contributed by atoms with Gasteiger partial charge in [0.15, 0.2) is 0 Å². The van der Waals surface area contributed by atoms with Gasteiger partial charge in [-0.05, 0) is 74.9 Å². The Morgan fingerprint density at radius 1 is 1.41 bits per heavy atom. The Balaban J connectivity index is 1.48. The molecule has 22 heavy (non-hydrogen) atoms. The summed E-state index contributed by atoms with van der Waals surface area (Å²) in [5.74, 6) is 0.222. The third kappa shape index (κ3) is 3.46. The van der Waals surface area contributed by atoms with E-state index in [0.717, 1.165) is 49.0 Å². The van der Waals surface area contributed by atoms with Gasteiger partial charge in [-0.2, -0.15) is 0 Å². The van der Waals surface area contributed by atoms with Crippen molar-refractivity contribution in [2.45, 2.75) is 38.7 Å². The standard InChI is InChI=1S/C17H22BrNO3/c1-12-8-13(2-3-15(12)18)22-14-9-17(10-14)4-6-19(7-5-17)11-16(20)21/h2-3,8,14H,4-7,9-11H2,1H3,(H,20,21). The highest BCUT2D eigenvalue weighted by Gasteiger charge is 2.47. The van der Waals surface area contributed by atoms with Crippen molar-refractivity contribution in [1.82, 2.24) is 4.90 Å². The highest BCUT2D eigenvalue weighted by Crippen LogP contribution is 2.50. The van der Waals surface area contributed by atoms with Gasteiger partial charge in [0, 0.05) is 4.47 Å². The van der Waals surface area contributed by atoms with Crippen LogP contribution < -0.4 is 4.74 Å². The first-order valence-electron chi connectivity index (χ1n) is 7.83. The fraction of sp³-hybridized carbons (Fsp3) is 0.588. The minimum atomic E-state index is -0.726.